The van der Waals surface area contributed by atoms with Gasteiger partial charge in [-0.2, -0.15) is 0 Å². The average molecular weight is 445 g/mol. The summed E-state index contributed by atoms with van der Waals surface area (Å²) in [6.45, 7) is 2.07. The van der Waals surface area contributed by atoms with Crippen molar-refractivity contribution in [3.63, 3.8) is 0 Å². The molecule has 0 unspecified atom stereocenters. The monoisotopic (exact) mass is 444 g/mol. The van der Waals surface area contributed by atoms with Crippen molar-refractivity contribution in [2.45, 2.75) is 13.3 Å². The van der Waals surface area contributed by atoms with Crippen LogP contribution in [0.3, 0.4) is 0 Å². The lowest BCUT2D eigenvalue weighted by Gasteiger charge is -2.13. The van der Waals surface area contributed by atoms with E-state index >= 15 is 0 Å². The Morgan fingerprint density at radius 1 is 1.20 bits per heavy atom. The molecule has 2 aromatic carbocycles. The lowest BCUT2D eigenvalue weighted by atomic mass is 10.1. The zero-order chi connectivity index (χ0) is 21.3. The highest BCUT2D eigenvalue weighted by Gasteiger charge is 2.16. The molecule has 4 rings (SSSR count). The number of ether oxygens (including phenoxy) is 1. The van der Waals surface area contributed by atoms with Gasteiger partial charge in [0.1, 0.15) is 5.75 Å². The minimum Gasteiger partial charge on any atom is -0.454 e. The first-order chi connectivity index (χ1) is 14.4. The Morgan fingerprint density at radius 2 is 1.97 bits per heavy atom. The molecule has 30 heavy (non-hydrogen) atoms. The third-order valence-corrected chi connectivity index (χ3v) is 4.88. The number of pyridine rings is 1. The van der Waals surface area contributed by atoms with Crippen LogP contribution < -0.4 is 15.8 Å². The quantitative estimate of drug-likeness (QED) is 0.456. The molecule has 4 aromatic rings. The Morgan fingerprint density at radius 3 is 2.63 bits per heavy atom. The van der Waals surface area contributed by atoms with Crippen LogP contribution in [0.1, 0.15) is 23.1 Å². The smallest absolute Gasteiger partial charge is 0.439 e. The van der Waals surface area contributed by atoms with Crippen molar-refractivity contribution in [3.05, 3.63) is 74.6 Å². The van der Waals surface area contributed by atoms with E-state index in [0.717, 1.165) is 22.9 Å². The molecule has 2 N–H and O–H groups in total. The van der Waals surface area contributed by atoms with Crippen LogP contribution in [0.5, 0.6) is 11.5 Å². The number of carbonyl (C=O) groups is 1. The second-order valence-corrected chi connectivity index (χ2v) is 7.09. The highest BCUT2D eigenvalue weighted by atomic mass is 35.5. The summed E-state index contributed by atoms with van der Waals surface area (Å²) in [7, 11) is 0. The van der Waals surface area contributed by atoms with Crippen LogP contribution in [0, 0.1) is 0 Å². The van der Waals surface area contributed by atoms with Gasteiger partial charge in [-0.15, -0.1) is 0 Å². The summed E-state index contributed by atoms with van der Waals surface area (Å²) in [5.74, 6) is -1.00. The first kappa shape index (κ1) is 19.9. The lowest BCUT2D eigenvalue weighted by molar-refractivity contribution is 0.101. The van der Waals surface area contributed by atoms with Gasteiger partial charge in [-0.1, -0.05) is 30.1 Å². The van der Waals surface area contributed by atoms with Crippen molar-refractivity contribution < 1.29 is 14.1 Å². The standard InChI is InChI=1S/C20H14Cl2N4O4/c1-2-10-5-6-23-16-4-3-12(9-13(10)16)29-17-14(21)7-11(8-15(17)22)24-19(27)18-25-20(28)30-26-18/h3-9H,2H2,1H3,(H,24,27)(H,25,26,28). The predicted molar refractivity (Wildman–Crippen MR) is 113 cm³/mol. The van der Waals surface area contributed by atoms with Crippen LogP contribution in [-0.2, 0) is 6.42 Å². The number of hydrogen-bond donors (Lipinski definition) is 2. The molecule has 0 aliphatic carbocycles. The number of hydrogen-bond acceptors (Lipinski definition) is 6. The van der Waals surface area contributed by atoms with Crippen molar-refractivity contribution >= 4 is 45.7 Å². The summed E-state index contributed by atoms with van der Waals surface area (Å²) in [4.78, 5) is 29.6. The molecule has 0 fully saturated rings. The molecular formula is C20H14Cl2N4O4. The van der Waals surface area contributed by atoms with Gasteiger partial charge in [-0.3, -0.25) is 19.3 Å². The Balaban J connectivity index is 1.60. The van der Waals surface area contributed by atoms with Crippen LogP contribution in [-0.4, -0.2) is 21.0 Å². The number of anilines is 1. The molecule has 8 nitrogen and oxygen atoms in total. The number of halogens is 2. The predicted octanol–water partition coefficient (Wildman–Crippen LogP) is 4.82. The molecule has 0 atom stereocenters. The summed E-state index contributed by atoms with van der Waals surface area (Å²) < 4.78 is 10.2. The van der Waals surface area contributed by atoms with Crippen LogP contribution in [0.2, 0.25) is 10.0 Å². The van der Waals surface area contributed by atoms with E-state index in [-0.39, 0.29) is 21.6 Å². The van der Waals surface area contributed by atoms with Gasteiger partial charge >= 0.3 is 5.76 Å². The number of aromatic amines is 1. The fourth-order valence-corrected chi connectivity index (χ4v) is 3.48. The molecule has 0 saturated carbocycles. The van der Waals surface area contributed by atoms with Gasteiger partial charge in [-0.05, 0) is 53.5 Å². The lowest BCUT2D eigenvalue weighted by Crippen LogP contribution is -2.14. The van der Waals surface area contributed by atoms with E-state index in [1.807, 2.05) is 18.2 Å². The number of H-pyrrole nitrogens is 1. The number of amides is 1. The molecule has 0 bridgehead atoms. The Labute approximate surface area is 179 Å². The molecule has 2 heterocycles. The van der Waals surface area contributed by atoms with Gasteiger partial charge in [0.15, 0.2) is 5.75 Å². The highest BCUT2D eigenvalue weighted by Crippen LogP contribution is 2.39. The summed E-state index contributed by atoms with van der Waals surface area (Å²) in [6, 6.07) is 10.4. The van der Waals surface area contributed by atoms with Crippen molar-refractivity contribution in [1.29, 1.82) is 0 Å². The molecule has 0 aliphatic rings. The van der Waals surface area contributed by atoms with Crippen LogP contribution >= 0.6 is 23.2 Å². The van der Waals surface area contributed by atoms with Gasteiger partial charge in [0.05, 0.1) is 15.6 Å². The van der Waals surface area contributed by atoms with E-state index in [1.54, 1.807) is 12.3 Å². The SMILES string of the molecule is CCc1ccnc2ccc(Oc3c(Cl)cc(NC(=O)c4noc(=O)[nH]4)cc3Cl)cc12. The first-order valence-corrected chi connectivity index (χ1v) is 9.62. The van der Waals surface area contributed by atoms with Gasteiger partial charge in [0.2, 0.25) is 5.82 Å². The van der Waals surface area contributed by atoms with Gasteiger partial charge in [0, 0.05) is 17.3 Å². The van der Waals surface area contributed by atoms with Crippen molar-refractivity contribution in [2.75, 3.05) is 5.32 Å². The molecule has 0 saturated heterocycles. The zero-order valence-electron chi connectivity index (χ0n) is 15.5. The largest absolute Gasteiger partial charge is 0.454 e. The summed E-state index contributed by atoms with van der Waals surface area (Å²) in [5, 5.41) is 7.20. The number of aromatic nitrogens is 3. The third kappa shape index (κ3) is 4.00. The number of nitrogens with zero attached hydrogens (tertiary/aromatic N) is 2. The number of fused-ring (bicyclic) bond motifs is 1. The minimum atomic E-state index is -0.836. The molecule has 0 radical (unpaired) electrons. The Kier molecular flexibility index (Phi) is 5.43. The highest BCUT2D eigenvalue weighted by molar-refractivity contribution is 6.37. The molecule has 0 aliphatic heterocycles. The van der Waals surface area contributed by atoms with E-state index in [9.17, 15) is 9.59 Å². The molecule has 2 aromatic heterocycles. The number of rotatable bonds is 5. The van der Waals surface area contributed by atoms with Crippen LogP contribution in [0.15, 0.2) is 51.9 Å². The van der Waals surface area contributed by atoms with Gasteiger partial charge < -0.3 is 10.1 Å². The number of aryl methyl sites for hydroxylation is 1. The van der Waals surface area contributed by atoms with Crippen molar-refractivity contribution in [1.82, 2.24) is 15.1 Å². The van der Waals surface area contributed by atoms with Crippen molar-refractivity contribution in [2.24, 2.45) is 0 Å². The molecule has 1 amide bonds. The topological polar surface area (TPSA) is 110 Å². The Hall–Kier alpha value is -3.36. The van der Waals surface area contributed by atoms with E-state index in [2.05, 4.69) is 31.9 Å². The zero-order valence-corrected chi connectivity index (χ0v) is 17.0. The minimum absolute atomic E-state index is 0.188. The maximum Gasteiger partial charge on any atom is 0.439 e. The molecular weight excluding hydrogens is 431 g/mol. The number of benzene rings is 2. The van der Waals surface area contributed by atoms with E-state index in [4.69, 9.17) is 27.9 Å². The molecule has 0 spiro atoms. The average Bonchev–Trinajstić information content (AvgIpc) is 3.16. The third-order valence-electron chi connectivity index (χ3n) is 4.32. The molecule has 10 heteroatoms. The summed E-state index contributed by atoms with van der Waals surface area (Å²) in [5.41, 5.74) is 2.30. The van der Waals surface area contributed by atoms with Crippen LogP contribution in [0.4, 0.5) is 5.69 Å². The number of nitrogens with one attached hydrogen (secondary N) is 2. The maximum atomic E-state index is 12.1. The number of carbonyl (C=O) groups excluding carboxylic acids is 1. The van der Waals surface area contributed by atoms with Crippen molar-refractivity contribution in [3.8, 4) is 11.5 Å². The van der Waals surface area contributed by atoms with Crippen LogP contribution in [0.25, 0.3) is 10.9 Å². The van der Waals surface area contributed by atoms with Gasteiger partial charge in [-0.25, -0.2) is 4.79 Å². The maximum absolute atomic E-state index is 12.1. The van der Waals surface area contributed by atoms with E-state index < -0.39 is 11.7 Å². The van der Waals surface area contributed by atoms with E-state index in [1.165, 1.54) is 12.1 Å². The fraction of sp³-hybridized carbons (Fsp3) is 0.100. The van der Waals surface area contributed by atoms with E-state index in [0.29, 0.717) is 11.4 Å². The normalized spacial score (nSPS) is 10.9. The summed E-state index contributed by atoms with van der Waals surface area (Å²) >= 11 is 12.7. The second-order valence-electron chi connectivity index (χ2n) is 6.27. The second kappa shape index (κ2) is 8.17. The van der Waals surface area contributed by atoms with Gasteiger partial charge in [0.25, 0.3) is 5.91 Å². The first-order valence-electron chi connectivity index (χ1n) is 8.86. The molecule has 152 valence electrons. The Bertz CT molecular complexity index is 1290. The summed E-state index contributed by atoms with van der Waals surface area (Å²) in [6.07, 6.45) is 2.63. The fourth-order valence-electron chi connectivity index (χ4n) is 2.92.